The minimum atomic E-state index is -0.157. The van der Waals surface area contributed by atoms with Crippen LogP contribution in [0.15, 0.2) is 61.2 Å². The van der Waals surface area contributed by atoms with Crippen LogP contribution >= 0.6 is 0 Å². The zero-order chi connectivity index (χ0) is 18.6. The van der Waals surface area contributed by atoms with Crippen LogP contribution in [0.4, 0.5) is 11.4 Å². The predicted molar refractivity (Wildman–Crippen MR) is 106 cm³/mol. The van der Waals surface area contributed by atoms with Crippen molar-refractivity contribution in [3.8, 4) is 11.5 Å². The third kappa shape index (κ3) is 6.16. The van der Waals surface area contributed by atoms with E-state index in [1.807, 2.05) is 48.5 Å². The highest BCUT2D eigenvalue weighted by molar-refractivity contribution is 5.95. The van der Waals surface area contributed by atoms with Crippen molar-refractivity contribution in [3.05, 3.63) is 61.2 Å². The molecule has 2 rings (SSSR count). The summed E-state index contributed by atoms with van der Waals surface area (Å²) in [6, 6.07) is 14.9. The van der Waals surface area contributed by atoms with Crippen molar-refractivity contribution in [1.29, 1.82) is 0 Å². The maximum Gasteiger partial charge on any atom is 0.243 e. The minimum absolute atomic E-state index is 0.123. The second-order valence-electron chi connectivity index (χ2n) is 5.70. The lowest BCUT2D eigenvalue weighted by atomic mass is 10.2. The Labute approximate surface area is 155 Å². The molecule has 0 heterocycles. The van der Waals surface area contributed by atoms with E-state index in [4.69, 9.17) is 9.47 Å². The first-order valence-electron chi connectivity index (χ1n) is 8.83. The summed E-state index contributed by atoms with van der Waals surface area (Å²) in [4.78, 5) is 12.3. The lowest BCUT2D eigenvalue weighted by Crippen LogP contribution is -2.22. The van der Waals surface area contributed by atoms with Crippen molar-refractivity contribution < 1.29 is 14.3 Å². The van der Waals surface area contributed by atoms with Gasteiger partial charge in [0.1, 0.15) is 18.1 Å². The Kier molecular flexibility index (Phi) is 8.06. The van der Waals surface area contributed by atoms with Crippen LogP contribution in [0.1, 0.15) is 19.8 Å². The SMILES string of the molecule is C=CCOc1ccccc1NCC(=O)Nc1ccccc1OCCCC. The molecule has 0 bridgehead atoms. The molecule has 0 spiro atoms. The topological polar surface area (TPSA) is 59.6 Å². The molecular weight excluding hydrogens is 328 g/mol. The molecule has 0 aliphatic heterocycles. The molecule has 0 radical (unpaired) electrons. The van der Waals surface area contributed by atoms with Crippen LogP contribution in [0.25, 0.3) is 0 Å². The lowest BCUT2D eigenvalue weighted by molar-refractivity contribution is -0.114. The molecule has 1 amide bonds. The van der Waals surface area contributed by atoms with Crippen LogP contribution < -0.4 is 20.1 Å². The van der Waals surface area contributed by atoms with Gasteiger partial charge in [-0.15, -0.1) is 0 Å². The Hall–Kier alpha value is -2.95. The number of para-hydroxylation sites is 4. The molecule has 26 heavy (non-hydrogen) atoms. The van der Waals surface area contributed by atoms with Gasteiger partial charge in [-0.2, -0.15) is 0 Å². The van der Waals surface area contributed by atoms with E-state index in [1.165, 1.54) is 0 Å². The van der Waals surface area contributed by atoms with E-state index < -0.39 is 0 Å². The largest absolute Gasteiger partial charge is 0.491 e. The van der Waals surface area contributed by atoms with Crippen LogP contribution in [0.2, 0.25) is 0 Å². The van der Waals surface area contributed by atoms with Gasteiger partial charge in [-0.3, -0.25) is 4.79 Å². The number of hydrogen-bond donors (Lipinski definition) is 2. The van der Waals surface area contributed by atoms with E-state index in [2.05, 4.69) is 24.1 Å². The van der Waals surface area contributed by atoms with Gasteiger partial charge in [-0.25, -0.2) is 0 Å². The summed E-state index contributed by atoms with van der Waals surface area (Å²) in [7, 11) is 0. The number of carbonyl (C=O) groups excluding carboxylic acids is 1. The highest BCUT2D eigenvalue weighted by atomic mass is 16.5. The van der Waals surface area contributed by atoms with E-state index in [0.29, 0.717) is 30.4 Å². The van der Waals surface area contributed by atoms with E-state index >= 15 is 0 Å². The van der Waals surface area contributed by atoms with E-state index in [1.54, 1.807) is 6.08 Å². The van der Waals surface area contributed by atoms with Crippen LogP contribution in [0.5, 0.6) is 11.5 Å². The zero-order valence-electron chi connectivity index (χ0n) is 15.2. The molecule has 2 aromatic rings. The monoisotopic (exact) mass is 354 g/mol. The van der Waals surface area contributed by atoms with Gasteiger partial charge in [-0.05, 0) is 30.7 Å². The zero-order valence-corrected chi connectivity index (χ0v) is 15.2. The number of amides is 1. The lowest BCUT2D eigenvalue weighted by Gasteiger charge is -2.14. The van der Waals surface area contributed by atoms with Crippen LogP contribution in [0, 0.1) is 0 Å². The fourth-order valence-electron chi connectivity index (χ4n) is 2.28. The number of nitrogens with one attached hydrogen (secondary N) is 2. The average Bonchev–Trinajstić information content (AvgIpc) is 2.67. The molecule has 138 valence electrons. The molecule has 0 saturated heterocycles. The van der Waals surface area contributed by atoms with Crippen LogP contribution in [-0.4, -0.2) is 25.7 Å². The molecule has 5 nitrogen and oxygen atoms in total. The van der Waals surface area contributed by atoms with Gasteiger partial charge in [0.15, 0.2) is 0 Å². The Morgan fingerprint density at radius 2 is 1.69 bits per heavy atom. The Balaban J connectivity index is 1.92. The Bertz CT molecular complexity index is 716. The van der Waals surface area contributed by atoms with E-state index in [9.17, 15) is 4.79 Å². The normalized spacial score (nSPS) is 10.0. The number of anilines is 2. The van der Waals surface area contributed by atoms with Crippen molar-refractivity contribution in [3.63, 3.8) is 0 Å². The molecule has 0 atom stereocenters. The van der Waals surface area contributed by atoms with Crippen molar-refractivity contribution in [1.82, 2.24) is 0 Å². The molecule has 2 N–H and O–H groups in total. The third-order valence-corrected chi connectivity index (χ3v) is 3.60. The summed E-state index contributed by atoms with van der Waals surface area (Å²) in [5, 5.41) is 5.99. The summed E-state index contributed by atoms with van der Waals surface area (Å²) in [5.74, 6) is 1.21. The van der Waals surface area contributed by atoms with E-state index in [-0.39, 0.29) is 12.5 Å². The summed E-state index contributed by atoms with van der Waals surface area (Å²) >= 11 is 0. The highest BCUT2D eigenvalue weighted by Crippen LogP contribution is 2.25. The maximum absolute atomic E-state index is 12.3. The highest BCUT2D eigenvalue weighted by Gasteiger charge is 2.09. The number of hydrogen-bond acceptors (Lipinski definition) is 4. The number of benzene rings is 2. The Morgan fingerprint density at radius 1 is 1.04 bits per heavy atom. The standard InChI is InChI=1S/C21H26N2O3/c1-3-5-15-26-20-13-9-7-11-18(20)23-21(24)16-22-17-10-6-8-12-19(17)25-14-4-2/h4,6-13,22H,2-3,5,14-16H2,1H3,(H,23,24). The van der Waals surface area contributed by atoms with Gasteiger partial charge < -0.3 is 20.1 Å². The van der Waals surface area contributed by atoms with Gasteiger partial charge in [-0.1, -0.05) is 50.3 Å². The van der Waals surface area contributed by atoms with Crippen molar-refractivity contribution in [2.45, 2.75) is 19.8 Å². The molecule has 0 aromatic heterocycles. The van der Waals surface area contributed by atoms with Gasteiger partial charge in [0.25, 0.3) is 0 Å². The first-order valence-corrected chi connectivity index (χ1v) is 8.83. The summed E-state index contributed by atoms with van der Waals surface area (Å²) in [5.41, 5.74) is 1.43. The van der Waals surface area contributed by atoms with Gasteiger partial charge >= 0.3 is 0 Å². The first-order chi connectivity index (χ1) is 12.7. The number of ether oxygens (including phenoxy) is 2. The molecule has 2 aromatic carbocycles. The van der Waals surface area contributed by atoms with Gasteiger partial charge in [0.05, 0.1) is 24.5 Å². The summed E-state index contributed by atoms with van der Waals surface area (Å²) < 4.78 is 11.3. The van der Waals surface area contributed by atoms with Crippen molar-refractivity contribution in [2.24, 2.45) is 0 Å². The smallest absolute Gasteiger partial charge is 0.243 e. The fourth-order valence-corrected chi connectivity index (χ4v) is 2.28. The van der Waals surface area contributed by atoms with Crippen LogP contribution in [0.3, 0.4) is 0 Å². The molecule has 5 heteroatoms. The van der Waals surface area contributed by atoms with Gasteiger partial charge in [0.2, 0.25) is 5.91 Å². The second-order valence-corrected chi connectivity index (χ2v) is 5.70. The fraction of sp³-hybridized carbons (Fsp3) is 0.286. The second kappa shape index (κ2) is 10.8. The summed E-state index contributed by atoms with van der Waals surface area (Å²) in [6.07, 6.45) is 3.72. The molecular formula is C21H26N2O3. The number of rotatable bonds is 11. The van der Waals surface area contributed by atoms with E-state index in [0.717, 1.165) is 18.5 Å². The van der Waals surface area contributed by atoms with Crippen LogP contribution in [-0.2, 0) is 4.79 Å². The number of unbranched alkanes of at least 4 members (excludes halogenated alkanes) is 1. The Morgan fingerprint density at radius 3 is 2.38 bits per heavy atom. The molecule has 0 aliphatic rings. The average molecular weight is 354 g/mol. The molecule has 0 unspecified atom stereocenters. The number of carbonyl (C=O) groups is 1. The van der Waals surface area contributed by atoms with Crippen molar-refractivity contribution >= 4 is 17.3 Å². The summed E-state index contributed by atoms with van der Waals surface area (Å²) in [6.45, 7) is 6.92. The third-order valence-electron chi connectivity index (χ3n) is 3.60. The van der Waals surface area contributed by atoms with Crippen molar-refractivity contribution in [2.75, 3.05) is 30.4 Å². The first kappa shape index (κ1) is 19.4. The molecule has 0 saturated carbocycles. The maximum atomic E-state index is 12.3. The van der Waals surface area contributed by atoms with Gasteiger partial charge in [0, 0.05) is 0 Å². The predicted octanol–water partition coefficient (Wildman–Crippen LogP) is 4.48. The minimum Gasteiger partial charge on any atom is -0.491 e. The molecule has 0 fully saturated rings. The molecule has 0 aliphatic carbocycles. The quantitative estimate of drug-likeness (QED) is 0.461.